The maximum Gasteiger partial charge on any atom is 0.286 e. The Morgan fingerprint density at radius 1 is 0.971 bits per heavy atom. The van der Waals surface area contributed by atoms with Gasteiger partial charge in [0.2, 0.25) is 10.0 Å². The summed E-state index contributed by atoms with van der Waals surface area (Å²) in [5, 5.41) is 13.3. The Bertz CT molecular complexity index is 1160. The zero-order valence-corrected chi connectivity index (χ0v) is 20.0. The van der Waals surface area contributed by atoms with Crippen molar-refractivity contribution < 1.29 is 14.0 Å². The molecule has 10 heteroatoms. The fraction of sp³-hybridized carbons (Fsp3) is 0.333. The largest absolute Gasteiger partial charge is 0.369 e. The summed E-state index contributed by atoms with van der Waals surface area (Å²) in [6, 6.07) is 11.8. The first-order valence-electron chi connectivity index (χ1n) is 11.1. The van der Waals surface area contributed by atoms with Gasteiger partial charge in [-0.25, -0.2) is 4.39 Å². The standard InChI is InChI=1S/C24H27FN6O2S/c1-16-4-3-5-20(17(16)2)31-14-12-30(13-15-31)11-10-26-21(32)23-28-29-24(34-23)22(33)27-19-8-6-18(25)7-9-19/h3-9H,10-15H2,1-2H3,(H,26,32)(H,27,33). The lowest BCUT2D eigenvalue weighted by Gasteiger charge is -2.37. The number of rotatable bonds is 7. The number of carbonyl (C=O) groups is 2. The number of nitrogens with zero attached hydrogens (tertiary/aromatic N) is 4. The molecule has 2 aromatic carbocycles. The lowest BCUT2D eigenvalue weighted by atomic mass is 10.1. The van der Waals surface area contributed by atoms with Crippen LogP contribution in [-0.2, 0) is 0 Å². The molecule has 0 atom stereocenters. The second-order valence-electron chi connectivity index (χ2n) is 8.18. The molecule has 0 spiro atoms. The van der Waals surface area contributed by atoms with Crippen molar-refractivity contribution in [3.63, 3.8) is 0 Å². The van der Waals surface area contributed by atoms with Gasteiger partial charge in [-0.3, -0.25) is 14.5 Å². The van der Waals surface area contributed by atoms with Crippen LogP contribution < -0.4 is 15.5 Å². The lowest BCUT2D eigenvalue weighted by molar-refractivity contribution is 0.0945. The average Bonchev–Trinajstić information content (AvgIpc) is 3.34. The van der Waals surface area contributed by atoms with Crippen LogP contribution in [0.3, 0.4) is 0 Å². The van der Waals surface area contributed by atoms with Gasteiger partial charge in [-0.15, -0.1) is 10.2 Å². The molecule has 1 fully saturated rings. The molecule has 4 rings (SSSR count). The number of halogens is 1. The normalized spacial score (nSPS) is 14.1. The number of hydrogen-bond donors (Lipinski definition) is 2. The number of anilines is 2. The van der Waals surface area contributed by atoms with Crippen molar-refractivity contribution in [3.05, 3.63) is 69.4 Å². The van der Waals surface area contributed by atoms with Crippen molar-refractivity contribution in [1.82, 2.24) is 20.4 Å². The number of aromatic nitrogens is 2. The topological polar surface area (TPSA) is 90.5 Å². The van der Waals surface area contributed by atoms with Gasteiger partial charge < -0.3 is 15.5 Å². The molecule has 1 aliphatic rings. The van der Waals surface area contributed by atoms with E-state index in [-0.39, 0.29) is 15.9 Å². The first-order valence-corrected chi connectivity index (χ1v) is 11.9. The molecule has 2 amide bonds. The SMILES string of the molecule is Cc1cccc(N2CCN(CCNC(=O)c3nnc(C(=O)Nc4ccc(F)cc4)s3)CC2)c1C. The van der Waals surface area contributed by atoms with Crippen LogP contribution in [0.1, 0.15) is 30.7 Å². The van der Waals surface area contributed by atoms with Crippen LogP contribution in [0.4, 0.5) is 15.8 Å². The lowest BCUT2D eigenvalue weighted by Crippen LogP contribution is -2.48. The molecule has 2 heterocycles. The predicted octanol–water partition coefficient (Wildman–Crippen LogP) is 3.10. The number of benzene rings is 2. The number of amides is 2. The van der Waals surface area contributed by atoms with Crippen LogP contribution in [-0.4, -0.2) is 66.2 Å². The van der Waals surface area contributed by atoms with Crippen molar-refractivity contribution >= 4 is 34.5 Å². The van der Waals surface area contributed by atoms with Crippen LogP contribution >= 0.6 is 11.3 Å². The van der Waals surface area contributed by atoms with Crippen LogP contribution in [0, 0.1) is 19.7 Å². The third-order valence-electron chi connectivity index (χ3n) is 5.92. The fourth-order valence-corrected chi connectivity index (χ4v) is 4.47. The quantitative estimate of drug-likeness (QED) is 0.538. The third kappa shape index (κ3) is 5.75. The molecule has 0 aliphatic carbocycles. The molecule has 0 unspecified atom stereocenters. The van der Waals surface area contributed by atoms with Gasteiger partial charge in [0.15, 0.2) is 0 Å². The van der Waals surface area contributed by atoms with E-state index in [1.807, 2.05) is 0 Å². The average molecular weight is 483 g/mol. The molecular weight excluding hydrogens is 455 g/mol. The van der Waals surface area contributed by atoms with E-state index in [4.69, 9.17) is 0 Å². The van der Waals surface area contributed by atoms with E-state index in [1.54, 1.807) is 0 Å². The second kappa shape index (κ2) is 10.7. The molecule has 1 aromatic heterocycles. The summed E-state index contributed by atoms with van der Waals surface area (Å²) in [6.07, 6.45) is 0. The van der Waals surface area contributed by atoms with E-state index in [1.165, 1.54) is 41.1 Å². The smallest absolute Gasteiger partial charge is 0.286 e. The van der Waals surface area contributed by atoms with E-state index >= 15 is 0 Å². The summed E-state index contributed by atoms with van der Waals surface area (Å²) in [4.78, 5) is 29.4. The summed E-state index contributed by atoms with van der Waals surface area (Å²) >= 11 is 0.917. The van der Waals surface area contributed by atoms with Gasteiger partial charge in [-0.05, 0) is 55.3 Å². The molecule has 1 saturated heterocycles. The Morgan fingerprint density at radius 2 is 1.65 bits per heavy atom. The predicted molar refractivity (Wildman–Crippen MR) is 131 cm³/mol. The zero-order chi connectivity index (χ0) is 24.1. The van der Waals surface area contributed by atoms with Gasteiger partial charge in [0.05, 0.1) is 0 Å². The van der Waals surface area contributed by atoms with Crippen LogP contribution in [0.2, 0.25) is 0 Å². The van der Waals surface area contributed by atoms with Crippen molar-refractivity contribution in [1.29, 1.82) is 0 Å². The number of piperazine rings is 1. The first kappa shape index (κ1) is 23.8. The first-order chi connectivity index (χ1) is 16.4. The van der Waals surface area contributed by atoms with Crippen molar-refractivity contribution in [2.75, 3.05) is 49.5 Å². The fourth-order valence-electron chi connectivity index (χ4n) is 3.82. The van der Waals surface area contributed by atoms with Gasteiger partial charge in [0.25, 0.3) is 11.8 Å². The molecule has 34 heavy (non-hydrogen) atoms. The van der Waals surface area contributed by atoms with Crippen LogP contribution in [0.25, 0.3) is 0 Å². The Labute approximate surface area is 201 Å². The Kier molecular flexibility index (Phi) is 7.49. The molecular formula is C24H27FN6O2S. The highest BCUT2D eigenvalue weighted by Crippen LogP contribution is 2.23. The summed E-state index contributed by atoms with van der Waals surface area (Å²) in [7, 11) is 0. The third-order valence-corrected chi connectivity index (χ3v) is 6.84. The van der Waals surface area contributed by atoms with Gasteiger partial charge >= 0.3 is 0 Å². The molecule has 0 bridgehead atoms. The minimum Gasteiger partial charge on any atom is -0.369 e. The maximum absolute atomic E-state index is 13.0. The second-order valence-corrected chi connectivity index (χ2v) is 9.15. The molecule has 0 radical (unpaired) electrons. The van der Waals surface area contributed by atoms with Gasteiger partial charge in [0, 0.05) is 50.6 Å². The summed E-state index contributed by atoms with van der Waals surface area (Å²) < 4.78 is 13.0. The minimum absolute atomic E-state index is 0.0667. The van der Waals surface area contributed by atoms with Gasteiger partial charge in [-0.1, -0.05) is 23.5 Å². The van der Waals surface area contributed by atoms with Gasteiger partial charge in [-0.2, -0.15) is 0 Å². The van der Waals surface area contributed by atoms with E-state index < -0.39 is 11.7 Å². The molecule has 3 aromatic rings. The van der Waals surface area contributed by atoms with E-state index in [0.29, 0.717) is 12.2 Å². The number of nitrogens with one attached hydrogen (secondary N) is 2. The molecule has 178 valence electrons. The highest BCUT2D eigenvalue weighted by atomic mass is 32.1. The van der Waals surface area contributed by atoms with Crippen LogP contribution in [0.15, 0.2) is 42.5 Å². The zero-order valence-electron chi connectivity index (χ0n) is 19.2. The Morgan fingerprint density at radius 3 is 2.35 bits per heavy atom. The molecule has 8 nitrogen and oxygen atoms in total. The highest BCUT2D eigenvalue weighted by molar-refractivity contribution is 7.15. The summed E-state index contributed by atoms with van der Waals surface area (Å²) in [6.45, 7) is 9.27. The molecule has 1 aliphatic heterocycles. The molecule has 2 N–H and O–H groups in total. The van der Waals surface area contributed by atoms with Crippen molar-refractivity contribution in [2.24, 2.45) is 0 Å². The summed E-state index contributed by atoms with van der Waals surface area (Å²) in [5.74, 6) is -1.24. The Hall–Kier alpha value is -3.37. The number of hydrogen-bond acceptors (Lipinski definition) is 7. The monoisotopic (exact) mass is 482 g/mol. The Balaban J connectivity index is 1.21. The van der Waals surface area contributed by atoms with Gasteiger partial charge in [0.1, 0.15) is 5.82 Å². The van der Waals surface area contributed by atoms with E-state index in [2.05, 4.69) is 62.7 Å². The van der Waals surface area contributed by atoms with Crippen molar-refractivity contribution in [2.45, 2.75) is 13.8 Å². The van der Waals surface area contributed by atoms with E-state index in [9.17, 15) is 14.0 Å². The van der Waals surface area contributed by atoms with Crippen LogP contribution in [0.5, 0.6) is 0 Å². The maximum atomic E-state index is 13.0. The number of carbonyl (C=O) groups excluding carboxylic acids is 2. The molecule has 0 saturated carbocycles. The highest BCUT2D eigenvalue weighted by Gasteiger charge is 2.20. The summed E-state index contributed by atoms with van der Waals surface area (Å²) in [5.41, 5.74) is 4.36. The minimum atomic E-state index is -0.495. The number of aryl methyl sites for hydroxylation is 1. The van der Waals surface area contributed by atoms with E-state index in [0.717, 1.165) is 44.1 Å². The van der Waals surface area contributed by atoms with Crippen molar-refractivity contribution in [3.8, 4) is 0 Å².